The van der Waals surface area contributed by atoms with Crippen LogP contribution < -0.4 is 4.90 Å². The first kappa shape index (κ1) is 14.1. The second kappa shape index (κ2) is 5.00. The van der Waals surface area contributed by atoms with Crippen molar-refractivity contribution in [2.24, 2.45) is 11.8 Å². The first-order valence-corrected chi connectivity index (χ1v) is 5.73. The zero-order valence-corrected chi connectivity index (χ0v) is 10.1. The van der Waals surface area contributed by atoms with Crippen LogP contribution in [0.15, 0.2) is 18.3 Å². The molecule has 1 aromatic heterocycles. The van der Waals surface area contributed by atoms with Crippen LogP contribution in [0.3, 0.4) is 0 Å². The lowest BCUT2D eigenvalue weighted by Gasteiger charge is -2.18. The van der Waals surface area contributed by atoms with E-state index in [1.54, 1.807) is 0 Å². The Morgan fingerprint density at radius 3 is 2.70 bits per heavy atom. The molecule has 5 nitrogen and oxygen atoms in total. The molecule has 0 radical (unpaired) electrons. The number of carbonyl (C=O) groups is 1. The number of halogens is 3. The van der Waals surface area contributed by atoms with Crippen LogP contribution in [0.5, 0.6) is 0 Å². The third-order valence-corrected chi connectivity index (χ3v) is 3.26. The Morgan fingerprint density at radius 1 is 1.50 bits per heavy atom. The molecule has 0 amide bonds. The second-order valence-electron chi connectivity index (χ2n) is 4.51. The van der Waals surface area contributed by atoms with Gasteiger partial charge < -0.3 is 10.0 Å². The van der Waals surface area contributed by atoms with Crippen molar-refractivity contribution < 1.29 is 23.1 Å². The smallest absolute Gasteiger partial charge is 0.394 e. The molecule has 1 saturated heterocycles. The van der Waals surface area contributed by atoms with Gasteiger partial charge in [0.05, 0.1) is 23.5 Å². The Kier molecular flexibility index (Phi) is 3.53. The van der Waals surface area contributed by atoms with Crippen molar-refractivity contribution in [2.75, 3.05) is 18.0 Å². The van der Waals surface area contributed by atoms with E-state index < -0.39 is 30.5 Å². The minimum absolute atomic E-state index is 0.182. The van der Waals surface area contributed by atoms with Crippen LogP contribution in [0, 0.1) is 23.2 Å². The number of alkyl halides is 3. The lowest BCUT2D eigenvalue weighted by molar-refractivity contribution is -0.187. The lowest BCUT2D eigenvalue weighted by atomic mass is 9.96. The Labute approximate surface area is 112 Å². The van der Waals surface area contributed by atoms with Crippen molar-refractivity contribution in [3.05, 3.63) is 23.9 Å². The van der Waals surface area contributed by atoms with E-state index in [9.17, 15) is 18.0 Å². The molecule has 0 unspecified atom stereocenters. The molecule has 106 valence electrons. The first-order chi connectivity index (χ1) is 9.32. The van der Waals surface area contributed by atoms with Crippen molar-refractivity contribution >= 4 is 11.8 Å². The summed E-state index contributed by atoms with van der Waals surface area (Å²) in [6, 6.07) is 4.63. The van der Waals surface area contributed by atoms with E-state index in [0.717, 1.165) is 0 Å². The van der Waals surface area contributed by atoms with E-state index >= 15 is 0 Å². The minimum Gasteiger partial charge on any atom is -0.481 e. The van der Waals surface area contributed by atoms with Gasteiger partial charge >= 0.3 is 12.1 Å². The van der Waals surface area contributed by atoms with Crippen LogP contribution in [0.1, 0.15) is 5.56 Å². The van der Waals surface area contributed by atoms with Crippen molar-refractivity contribution in [3.8, 4) is 6.07 Å². The highest BCUT2D eigenvalue weighted by Crippen LogP contribution is 2.39. The standard InChI is InChI=1S/C12H10F3N3O2/c13-12(14,15)9-6-18(5-8(9)11(19)20)10-3-7(4-16)1-2-17-10/h1-3,8-9H,5-6H2,(H,19,20)/t8-,9-/m1/s1. The van der Waals surface area contributed by atoms with Gasteiger partial charge in [-0.1, -0.05) is 0 Å². The van der Waals surface area contributed by atoms with Crippen molar-refractivity contribution in [3.63, 3.8) is 0 Å². The number of nitriles is 1. The molecule has 1 aromatic rings. The fourth-order valence-electron chi connectivity index (χ4n) is 2.23. The molecule has 0 saturated carbocycles. The largest absolute Gasteiger partial charge is 0.481 e. The molecular formula is C12H10F3N3O2. The van der Waals surface area contributed by atoms with Gasteiger partial charge in [0.25, 0.3) is 0 Å². The summed E-state index contributed by atoms with van der Waals surface area (Å²) >= 11 is 0. The summed E-state index contributed by atoms with van der Waals surface area (Å²) in [7, 11) is 0. The van der Waals surface area contributed by atoms with Gasteiger partial charge in [-0.3, -0.25) is 4.79 Å². The molecule has 8 heteroatoms. The third-order valence-electron chi connectivity index (χ3n) is 3.26. The Hall–Kier alpha value is -2.30. The van der Waals surface area contributed by atoms with E-state index in [1.807, 2.05) is 6.07 Å². The number of hydrogen-bond acceptors (Lipinski definition) is 4. The Morgan fingerprint density at radius 2 is 2.20 bits per heavy atom. The summed E-state index contributed by atoms with van der Waals surface area (Å²) in [6.45, 7) is -0.746. The van der Waals surface area contributed by atoms with E-state index in [4.69, 9.17) is 10.4 Å². The molecule has 2 atom stereocenters. The number of pyridine rings is 1. The molecule has 0 bridgehead atoms. The molecule has 2 heterocycles. The average molecular weight is 285 g/mol. The molecule has 2 rings (SSSR count). The molecule has 1 aliphatic heterocycles. The normalized spacial score (nSPS) is 22.6. The lowest BCUT2D eigenvalue weighted by Crippen LogP contribution is -2.33. The molecule has 0 spiro atoms. The quantitative estimate of drug-likeness (QED) is 0.894. The van der Waals surface area contributed by atoms with Crippen LogP contribution in [-0.2, 0) is 4.79 Å². The number of rotatable bonds is 2. The summed E-state index contributed by atoms with van der Waals surface area (Å²) < 4.78 is 38.5. The number of aliphatic carboxylic acids is 1. The highest BCUT2D eigenvalue weighted by molar-refractivity contribution is 5.72. The fraction of sp³-hybridized carbons (Fsp3) is 0.417. The number of anilines is 1. The second-order valence-corrected chi connectivity index (χ2v) is 4.51. The van der Waals surface area contributed by atoms with Crippen molar-refractivity contribution in [2.45, 2.75) is 6.18 Å². The number of nitrogens with zero attached hydrogens (tertiary/aromatic N) is 3. The fourth-order valence-corrected chi connectivity index (χ4v) is 2.23. The Bertz CT molecular complexity index is 568. The molecule has 1 aliphatic rings. The van der Waals surface area contributed by atoms with Crippen LogP contribution in [0.4, 0.5) is 19.0 Å². The van der Waals surface area contributed by atoms with Gasteiger partial charge in [0.1, 0.15) is 5.82 Å². The van der Waals surface area contributed by atoms with Crippen LogP contribution in [-0.4, -0.2) is 35.3 Å². The predicted molar refractivity (Wildman–Crippen MR) is 61.8 cm³/mol. The molecule has 1 N–H and O–H groups in total. The first-order valence-electron chi connectivity index (χ1n) is 5.73. The van der Waals surface area contributed by atoms with Crippen molar-refractivity contribution in [1.29, 1.82) is 5.26 Å². The average Bonchev–Trinajstić information content (AvgIpc) is 2.84. The van der Waals surface area contributed by atoms with E-state index in [1.165, 1.54) is 23.2 Å². The molecule has 0 aliphatic carbocycles. The number of carboxylic acids is 1. The molecular weight excluding hydrogens is 275 g/mol. The van der Waals surface area contributed by atoms with Gasteiger partial charge in [-0.15, -0.1) is 0 Å². The van der Waals surface area contributed by atoms with Crippen molar-refractivity contribution in [1.82, 2.24) is 4.98 Å². The number of carboxylic acid groups (broad SMARTS) is 1. The molecule has 0 aromatic carbocycles. The van der Waals surface area contributed by atoms with Crippen LogP contribution >= 0.6 is 0 Å². The Balaban J connectivity index is 2.28. The number of aromatic nitrogens is 1. The predicted octanol–water partition coefficient (Wildman–Crippen LogP) is 1.65. The van der Waals surface area contributed by atoms with E-state index in [2.05, 4.69) is 4.98 Å². The minimum atomic E-state index is -4.58. The number of hydrogen-bond donors (Lipinski definition) is 1. The van der Waals surface area contributed by atoms with Gasteiger partial charge in [0.15, 0.2) is 0 Å². The summed E-state index contributed by atoms with van der Waals surface area (Å²) in [4.78, 5) is 16.1. The van der Waals surface area contributed by atoms with Gasteiger partial charge in [-0.25, -0.2) is 4.98 Å². The summed E-state index contributed by atoms with van der Waals surface area (Å²) in [6.07, 6.45) is -3.27. The maximum absolute atomic E-state index is 12.8. The SMILES string of the molecule is N#Cc1ccnc(N2C[C@@H](C(F)(F)F)[C@H](C(=O)O)C2)c1. The molecule has 20 heavy (non-hydrogen) atoms. The summed E-state index contributed by atoms with van der Waals surface area (Å²) in [5.74, 6) is -4.76. The van der Waals surface area contributed by atoms with E-state index in [0.29, 0.717) is 0 Å². The maximum atomic E-state index is 12.8. The van der Waals surface area contributed by atoms with Gasteiger partial charge in [-0.2, -0.15) is 18.4 Å². The monoisotopic (exact) mass is 285 g/mol. The third kappa shape index (κ3) is 2.66. The van der Waals surface area contributed by atoms with Crippen LogP contribution in [0.25, 0.3) is 0 Å². The molecule has 1 fully saturated rings. The summed E-state index contributed by atoms with van der Waals surface area (Å²) in [5, 5.41) is 17.7. The highest BCUT2D eigenvalue weighted by atomic mass is 19.4. The van der Waals surface area contributed by atoms with Gasteiger partial charge in [0.2, 0.25) is 0 Å². The maximum Gasteiger partial charge on any atom is 0.394 e. The zero-order chi connectivity index (χ0) is 14.9. The van der Waals surface area contributed by atoms with Crippen LogP contribution in [0.2, 0.25) is 0 Å². The van der Waals surface area contributed by atoms with Gasteiger partial charge in [-0.05, 0) is 12.1 Å². The highest BCUT2D eigenvalue weighted by Gasteiger charge is 2.52. The zero-order valence-electron chi connectivity index (χ0n) is 10.1. The topological polar surface area (TPSA) is 77.2 Å². The van der Waals surface area contributed by atoms with E-state index in [-0.39, 0.29) is 17.9 Å². The van der Waals surface area contributed by atoms with Gasteiger partial charge in [0, 0.05) is 19.3 Å². The summed E-state index contributed by atoms with van der Waals surface area (Å²) in [5.41, 5.74) is 0.261.